The van der Waals surface area contributed by atoms with E-state index >= 15 is 0 Å². The Labute approximate surface area is 105 Å². The smallest absolute Gasteiger partial charge is 0.126 e. The van der Waals surface area contributed by atoms with Crippen LogP contribution in [0.2, 0.25) is 0 Å². The minimum absolute atomic E-state index is 0.276. The van der Waals surface area contributed by atoms with Gasteiger partial charge in [0.15, 0.2) is 30.7 Å². The standard InChI is InChI=1S/C12H12Cl2N2/c13-11-12(14,15-7-3-1-4-8-15)16-9-5-2-6-10-16/h1-10H,11H2/q+2. The number of alkyl halides is 2. The van der Waals surface area contributed by atoms with Gasteiger partial charge in [-0.25, -0.2) is 0 Å². The zero-order valence-corrected chi connectivity index (χ0v) is 10.1. The normalized spacial score (nSPS) is 11.4. The molecule has 0 radical (unpaired) electrons. The molecule has 0 aliphatic rings. The van der Waals surface area contributed by atoms with E-state index in [0.29, 0.717) is 0 Å². The molecule has 0 unspecified atom stereocenters. The number of halogens is 2. The van der Waals surface area contributed by atoms with Gasteiger partial charge < -0.3 is 0 Å². The van der Waals surface area contributed by atoms with Crippen molar-refractivity contribution in [3.8, 4) is 0 Å². The Morgan fingerprint density at radius 3 is 1.44 bits per heavy atom. The number of rotatable bonds is 3. The molecule has 82 valence electrons. The number of hydrogen-bond acceptors (Lipinski definition) is 0. The van der Waals surface area contributed by atoms with Gasteiger partial charge in [-0.2, -0.15) is 0 Å². The average molecular weight is 255 g/mol. The van der Waals surface area contributed by atoms with Crippen LogP contribution >= 0.6 is 23.2 Å². The van der Waals surface area contributed by atoms with E-state index < -0.39 is 5.12 Å². The summed E-state index contributed by atoms with van der Waals surface area (Å²) >= 11 is 12.6. The predicted octanol–water partition coefficient (Wildman–Crippen LogP) is 1.90. The molecule has 4 heteroatoms. The lowest BCUT2D eigenvalue weighted by Crippen LogP contribution is -2.71. The van der Waals surface area contributed by atoms with Crippen LogP contribution in [0.4, 0.5) is 0 Å². The Bertz CT molecular complexity index is 406. The van der Waals surface area contributed by atoms with Crippen LogP contribution in [0.5, 0.6) is 0 Å². The van der Waals surface area contributed by atoms with Gasteiger partial charge in [-0.3, -0.25) is 0 Å². The van der Waals surface area contributed by atoms with E-state index in [2.05, 4.69) is 0 Å². The van der Waals surface area contributed by atoms with Crippen molar-refractivity contribution in [2.24, 2.45) is 0 Å². The van der Waals surface area contributed by atoms with Gasteiger partial charge in [-0.05, 0) is 0 Å². The first kappa shape index (κ1) is 11.4. The maximum absolute atomic E-state index is 6.57. The number of aromatic nitrogens is 2. The number of pyridine rings is 2. The number of nitrogens with zero attached hydrogens (tertiary/aromatic N) is 2. The fraction of sp³-hybridized carbons (Fsp3) is 0.167. The second kappa shape index (κ2) is 4.81. The summed E-state index contributed by atoms with van der Waals surface area (Å²) in [5, 5.41) is -0.802. The molecule has 0 saturated carbocycles. The van der Waals surface area contributed by atoms with Crippen molar-refractivity contribution < 1.29 is 9.13 Å². The Balaban J connectivity index is 2.49. The molecule has 0 saturated heterocycles. The molecule has 2 aromatic rings. The Morgan fingerprint density at radius 2 is 1.12 bits per heavy atom. The molecule has 2 rings (SSSR count). The molecule has 0 aliphatic carbocycles. The third-order valence-electron chi connectivity index (χ3n) is 2.39. The van der Waals surface area contributed by atoms with E-state index in [1.54, 1.807) is 0 Å². The van der Waals surface area contributed by atoms with Crippen molar-refractivity contribution >= 4 is 23.2 Å². The summed E-state index contributed by atoms with van der Waals surface area (Å²) in [6.45, 7) is 0. The van der Waals surface area contributed by atoms with Gasteiger partial charge in [0.25, 0.3) is 0 Å². The molecular formula is C12H12Cl2N2+2. The molecule has 0 aromatic carbocycles. The van der Waals surface area contributed by atoms with Gasteiger partial charge in [-0.15, -0.1) is 20.7 Å². The summed E-state index contributed by atoms with van der Waals surface area (Å²) in [6.07, 6.45) is 7.59. The van der Waals surface area contributed by atoms with Crippen molar-refractivity contribution in [3.05, 3.63) is 61.2 Å². The van der Waals surface area contributed by atoms with Gasteiger partial charge in [0.2, 0.25) is 0 Å². The summed E-state index contributed by atoms with van der Waals surface area (Å²) in [5.74, 6) is 0.276. The van der Waals surface area contributed by atoms with Gasteiger partial charge >= 0.3 is 5.12 Å². The quantitative estimate of drug-likeness (QED) is 0.584. The molecule has 0 spiro atoms. The van der Waals surface area contributed by atoms with Gasteiger partial charge in [0.05, 0.1) is 0 Å². The largest absolute Gasteiger partial charge is 0.455 e. The molecule has 2 aromatic heterocycles. The maximum Gasteiger partial charge on any atom is 0.455 e. The highest BCUT2D eigenvalue weighted by atomic mass is 35.5. The van der Waals surface area contributed by atoms with E-state index in [1.165, 1.54) is 0 Å². The van der Waals surface area contributed by atoms with Crippen LogP contribution in [-0.2, 0) is 5.12 Å². The third-order valence-corrected chi connectivity index (χ3v) is 3.43. The van der Waals surface area contributed by atoms with Crippen LogP contribution in [-0.4, -0.2) is 5.88 Å². The van der Waals surface area contributed by atoms with Crippen molar-refractivity contribution in [1.82, 2.24) is 0 Å². The summed E-state index contributed by atoms with van der Waals surface area (Å²) in [5.41, 5.74) is 0. The summed E-state index contributed by atoms with van der Waals surface area (Å²) in [4.78, 5) is 0. The second-order valence-electron chi connectivity index (χ2n) is 3.42. The number of hydrogen-bond donors (Lipinski definition) is 0. The minimum Gasteiger partial charge on any atom is -0.126 e. The molecule has 0 fully saturated rings. The monoisotopic (exact) mass is 254 g/mol. The lowest BCUT2D eigenvalue weighted by molar-refractivity contribution is -0.963. The molecule has 0 N–H and O–H groups in total. The van der Waals surface area contributed by atoms with E-state index in [-0.39, 0.29) is 5.88 Å². The van der Waals surface area contributed by atoms with Gasteiger partial charge in [-0.1, -0.05) is 12.1 Å². The third kappa shape index (κ3) is 2.04. The van der Waals surface area contributed by atoms with E-state index in [4.69, 9.17) is 23.2 Å². The Kier molecular flexibility index (Phi) is 3.42. The molecule has 0 bridgehead atoms. The molecular weight excluding hydrogens is 243 g/mol. The molecule has 0 aliphatic heterocycles. The van der Waals surface area contributed by atoms with Crippen LogP contribution in [0.15, 0.2) is 61.2 Å². The predicted molar refractivity (Wildman–Crippen MR) is 63.2 cm³/mol. The highest BCUT2D eigenvalue weighted by Crippen LogP contribution is 2.11. The summed E-state index contributed by atoms with van der Waals surface area (Å²) < 4.78 is 3.75. The first-order chi connectivity index (χ1) is 7.77. The second-order valence-corrected chi connectivity index (χ2v) is 4.29. The molecule has 16 heavy (non-hydrogen) atoms. The van der Waals surface area contributed by atoms with Crippen LogP contribution in [0, 0.1) is 0 Å². The SMILES string of the molecule is ClCC(Cl)([n+]1ccccc1)[n+]1ccccc1. The highest BCUT2D eigenvalue weighted by Gasteiger charge is 2.46. The van der Waals surface area contributed by atoms with Crippen LogP contribution in [0.25, 0.3) is 0 Å². The lowest BCUT2D eigenvalue weighted by Gasteiger charge is -2.12. The zero-order valence-electron chi connectivity index (χ0n) is 8.63. The maximum atomic E-state index is 6.57. The van der Waals surface area contributed by atoms with Crippen LogP contribution in [0.1, 0.15) is 0 Å². The molecule has 2 nitrogen and oxygen atoms in total. The van der Waals surface area contributed by atoms with E-state index in [9.17, 15) is 0 Å². The van der Waals surface area contributed by atoms with E-state index in [1.807, 2.05) is 70.3 Å². The average Bonchev–Trinajstić information content (AvgIpc) is 2.40. The lowest BCUT2D eigenvalue weighted by atomic mass is 10.4. The van der Waals surface area contributed by atoms with Crippen molar-refractivity contribution in [1.29, 1.82) is 0 Å². The first-order valence-electron chi connectivity index (χ1n) is 4.96. The van der Waals surface area contributed by atoms with Crippen LogP contribution < -0.4 is 9.13 Å². The van der Waals surface area contributed by atoms with Crippen molar-refractivity contribution in [3.63, 3.8) is 0 Å². The van der Waals surface area contributed by atoms with Crippen molar-refractivity contribution in [2.45, 2.75) is 5.12 Å². The molecule has 0 amide bonds. The fourth-order valence-corrected chi connectivity index (χ4v) is 2.03. The summed E-state index contributed by atoms with van der Waals surface area (Å²) in [7, 11) is 0. The fourth-order valence-electron chi connectivity index (χ4n) is 1.53. The van der Waals surface area contributed by atoms with Crippen molar-refractivity contribution in [2.75, 3.05) is 5.88 Å². The first-order valence-corrected chi connectivity index (χ1v) is 5.87. The Morgan fingerprint density at radius 1 is 0.750 bits per heavy atom. The molecule has 2 heterocycles. The molecule has 0 atom stereocenters. The topological polar surface area (TPSA) is 7.76 Å². The van der Waals surface area contributed by atoms with Gasteiger partial charge in [0, 0.05) is 35.9 Å². The minimum atomic E-state index is -0.802. The highest BCUT2D eigenvalue weighted by molar-refractivity contribution is 6.27. The Hall–Kier alpha value is -1.12. The van der Waals surface area contributed by atoms with Gasteiger partial charge in [0.1, 0.15) is 0 Å². The van der Waals surface area contributed by atoms with Crippen LogP contribution in [0.3, 0.4) is 0 Å². The van der Waals surface area contributed by atoms with E-state index in [0.717, 1.165) is 0 Å². The zero-order chi connectivity index (χ0) is 11.4. The summed E-state index contributed by atoms with van der Waals surface area (Å²) in [6, 6.07) is 11.6.